The van der Waals surface area contributed by atoms with Crippen molar-refractivity contribution >= 4 is 15.7 Å². The molecule has 0 saturated carbocycles. The first-order chi connectivity index (χ1) is 12.4. The Labute approximate surface area is 151 Å². The number of rotatable bonds is 3. The van der Waals surface area contributed by atoms with Crippen LogP contribution in [-0.4, -0.2) is 30.5 Å². The van der Waals surface area contributed by atoms with Gasteiger partial charge in [0.25, 0.3) is 10.0 Å². The van der Waals surface area contributed by atoms with Crippen LogP contribution in [-0.2, 0) is 10.0 Å². The Kier molecular flexibility index (Phi) is 3.73. The molecule has 1 atom stereocenters. The summed E-state index contributed by atoms with van der Waals surface area (Å²) in [6.07, 6.45) is 1.08. The molecule has 1 aliphatic heterocycles. The van der Waals surface area contributed by atoms with Crippen LogP contribution >= 0.6 is 0 Å². The number of nitrogens with zero attached hydrogens (tertiary/aromatic N) is 4. The number of aryl methyl sites for hydroxylation is 1. The lowest BCUT2D eigenvalue weighted by Gasteiger charge is -2.36. The van der Waals surface area contributed by atoms with Crippen LogP contribution in [0.1, 0.15) is 18.7 Å². The van der Waals surface area contributed by atoms with Crippen molar-refractivity contribution in [2.24, 2.45) is 0 Å². The zero-order valence-electron chi connectivity index (χ0n) is 14.6. The van der Waals surface area contributed by atoms with Gasteiger partial charge < -0.3 is 4.74 Å². The van der Waals surface area contributed by atoms with Crippen LogP contribution in [0, 0.1) is 6.92 Å². The zero-order valence-corrected chi connectivity index (χ0v) is 15.4. The van der Waals surface area contributed by atoms with Crippen molar-refractivity contribution < 1.29 is 13.2 Å². The largest absolute Gasteiger partial charge is 0.497 e. The average Bonchev–Trinajstić information content (AvgIpc) is 3.12. The molecule has 8 heteroatoms. The van der Waals surface area contributed by atoms with Gasteiger partial charge in [-0.25, -0.2) is 17.4 Å². The number of hydrogen-bond acceptors (Lipinski definition) is 5. The van der Waals surface area contributed by atoms with Crippen molar-refractivity contribution in [1.29, 1.82) is 0 Å². The van der Waals surface area contributed by atoms with E-state index in [1.165, 1.54) is 4.31 Å². The Morgan fingerprint density at radius 2 is 1.85 bits per heavy atom. The lowest BCUT2D eigenvalue weighted by molar-refractivity contribution is 0.414. The molecule has 0 fully saturated rings. The molecule has 0 aliphatic carbocycles. The number of anilines is 1. The molecule has 1 aliphatic rings. The van der Waals surface area contributed by atoms with E-state index < -0.39 is 16.2 Å². The fourth-order valence-electron chi connectivity index (χ4n) is 3.20. The topological polar surface area (TPSA) is 77.3 Å². The van der Waals surface area contributed by atoms with Gasteiger partial charge >= 0.3 is 0 Å². The molecule has 4 rings (SSSR count). The molecule has 1 aromatic heterocycles. The van der Waals surface area contributed by atoms with Crippen LogP contribution in [0.4, 0.5) is 5.69 Å². The fourth-order valence-corrected chi connectivity index (χ4v) is 4.81. The van der Waals surface area contributed by atoms with Gasteiger partial charge in [0.2, 0.25) is 0 Å². The lowest BCUT2D eigenvalue weighted by Crippen LogP contribution is -2.40. The standard InChI is InChI=1S/C18H18N4O3S/c1-12-4-7-15(8-5-12)26(23,24)22-13(2)21-18(11-19-20-21)16-9-6-14(25-3)10-17(16)22/h4-11,13H,1-3H3. The maximum Gasteiger partial charge on any atom is 0.266 e. The van der Waals surface area contributed by atoms with Crippen LogP contribution < -0.4 is 9.04 Å². The molecule has 0 N–H and O–H groups in total. The molecule has 0 saturated heterocycles. The summed E-state index contributed by atoms with van der Waals surface area (Å²) in [7, 11) is -2.24. The number of sulfonamides is 1. The van der Waals surface area contributed by atoms with Gasteiger partial charge in [0, 0.05) is 11.6 Å². The molecule has 7 nitrogen and oxygen atoms in total. The number of hydrogen-bond donors (Lipinski definition) is 0. The molecule has 3 aromatic rings. The van der Waals surface area contributed by atoms with E-state index in [0.29, 0.717) is 11.4 Å². The zero-order chi connectivity index (χ0) is 18.5. The summed E-state index contributed by atoms with van der Waals surface area (Å²) in [5, 5.41) is 8.04. The Morgan fingerprint density at radius 1 is 1.12 bits per heavy atom. The highest BCUT2D eigenvalue weighted by atomic mass is 32.2. The van der Waals surface area contributed by atoms with E-state index in [1.54, 1.807) is 61.3 Å². The molecule has 0 radical (unpaired) electrons. The van der Waals surface area contributed by atoms with Crippen molar-refractivity contribution in [2.45, 2.75) is 24.9 Å². The highest BCUT2D eigenvalue weighted by molar-refractivity contribution is 7.92. The van der Waals surface area contributed by atoms with Crippen molar-refractivity contribution in [3.63, 3.8) is 0 Å². The quantitative estimate of drug-likeness (QED) is 0.708. The summed E-state index contributed by atoms with van der Waals surface area (Å²) in [5.74, 6) is 0.584. The second-order valence-electron chi connectivity index (χ2n) is 6.19. The van der Waals surface area contributed by atoms with E-state index in [2.05, 4.69) is 10.3 Å². The molecule has 0 spiro atoms. The third-order valence-corrected chi connectivity index (χ3v) is 6.45. The third-order valence-electron chi connectivity index (χ3n) is 4.56. The van der Waals surface area contributed by atoms with E-state index in [9.17, 15) is 8.42 Å². The Morgan fingerprint density at radius 3 is 2.54 bits per heavy atom. The van der Waals surface area contributed by atoms with E-state index in [-0.39, 0.29) is 4.90 Å². The minimum absolute atomic E-state index is 0.229. The highest BCUT2D eigenvalue weighted by Gasteiger charge is 2.37. The van der Waals surface area contributed by atoms with Gasteiger partial charge in [-0.2, -0.15) is 0 Å². The molecule has 2 aromatic carbocycles. The van der Waals surface area contributed by atoms with Crippen LogP contribution in [0.5, 0.6) is 5.75 Å². The smallest absolute Gasteiger partial charge is 0.266 e. The second kappa shape index (κ2) is 5.84. The van der Waals surface area contributed by atoms with Gasteiger partial charge in [0.05, 0.1) is 29.6 Å². The van der Waals surface area contributed by atoms with Crippen LogP contribution in [0.2, 0.25) is 0 Å². The van der Waals surface area contributed by atoms with Gasteiger partial charge in [-0.15, -0.1) is 5.10 Å². The summed E-state index contributed by atoms with van der Waals surface area (Å²) in [6, 6.07) is 12.2. The van der Waals surface area contributed by atoms with Gasteiger partial charge in [-0.3, -0.25) is 0 Å². The molecule has 2 heterocycles. The Balaban J connectivity index is 1.95. The summed E-state index contributed by atoms with van der Waals surface area (Å²) >= 11 is 0. The van der Waals surface area contributed by atoms with Gasteiger partial charge in [-0.1, -0.05) is 22.9 Å². The molecular formula is C18H18N4O3S. The molecule has 1 unspecified atom stereocenters. The van der Waals surface area contributed by atoms with Crippen molar-refractivity contribution in [3.8, 4) is 17.0 Å². The number of aromatic nitrogens is 3. The molecular weight excluding hydrogens is 352 g/mol. The van der Waals surface area contributed by atoms with E-state index in [1.807, 2.05) is 13.0 Å². The SMILES string of the molecule is COc1ccc2c(c1)N(S(=O)(=O)c1ccc(C)cc1)C(C)n1nncc1-2. The van der Waals surface area contributed by atoms with Crippen molar-refractivity contribution in [2.75, 3.05) is 11.4 Å². The Bertz CT molecular complexity index is 1070. The first kappa shape index (κ1) is 16.6. The second-order valence-corrected chi connectivity index (χ2v) is 8.01. The fraction of sp³-hybridized carbons (Fsp3) is 0.222. The lowest BCUT2D eigenvalue weighted by atomic mass is 10.1. The first-order valence-corrected chi connectivity index (χ1v) is 9.57. The third kappa shape index (κ3) is 2.37. The summed E-state index contributed by atoms with van der Waals surface area (Å²) in [4.78, 5) is 0.229. The number of ether oxygens (including phenoxy) is 1. The minimum atomic E-state index is -3.80. The van der Waals surface area contributed by atoms with E-state index >= 15 is 0 Å². The normalized spacial score (nSPS) is 16.1. The predicted molar refractivity (Wildman–Crippen MR) is 97.6 cm³/mol. The molecule has 0 bridgehead atoms. The monoisotopic (exact) mass is 370 g/mol. The summed E-state index contributed by atoms with van der Waals surface area (Å²) < 4.78 is 35.1. The van der Waals surface area contributed by atoms with Gasteiger partial charge in [0.15, 0.2) is 0 Å². The average molecular weight is 370 g/mol. The van der Waals surface area contributed by atoms with E-state index in [4.69, 9.17) is 4.74 Å². The van der Waals surface area contributed by atoms with Gasteiger partial charge in [-0.05, 0) is 38.1 Å². The number of fused-ring (bicyclic) bond motifs is 3. The van der Waals surface area contributed by atoms with E-state index in [0.717, 1.165) is 16.8 Å². The van der Waals surface area contributed by atoms with Crippen LogP contribution in [0.25, 0.3) is 11.3 Å². The molecule has 134 valence electrons. The number of benzene rings is 2. The summed E-state index contributed by atoms with van der Waals surface area (Å²) in [5.41, 5.74) is 3.05. The maximum absolute atomic E-state index is 13.4. The maximum atomic E-state index is 13.4. The van der Waals surface area contributed by atoms with Crippen LogP contribution in [0.3, 0.4) is 0 Å². The molecule has 26 heavy (non-hydrogen) atoms. The first-order valence-electron chi connectivity index (χ1n) is 8.13. The Hall–Kier alpha value is -2.87. The minimum Gasteiger partial charge on any atom is -0.497 e. The van der Waals surface area contributed by atoms with Crippen LogP contribution in [0.15, 0.2) is 53.6 Å². The van der Waals surface area contributed by atoms with Crippen molar-refractivity contribution in [3.05, 3.63) is 54.2 Å². The van der Waals surface area contributed by atoms with Crippen molar-refractivity contribution in [1.82, 2.24) is 15.0 Å². The number of methoxy groups -OCH3 is 1. The summed E-state index contributed by atoms with van der Waals surface area (Å²) in [6.45, 7) is 3.70. The predicted octanol–water partition coefficient (Wildman–Crippen LogP) is 2.99. The molecule has 0 amide bonds. The van der Waals surface area contributed by atoms with Gasteiger partial charge in [0.1, 0.15) is 11.9 Å². The highest BCUT2D eigenvalue weighted by Crippen LogP contribution is 2.44.